The van der Waals surface area contributed by atoms with E-state index in [9.17, 15) is 13.6 Å². The summed E-state index contributed by atoms with van der Waals surface area (Å²) in [7, 11) is 0. The smallest absolute Gasteiger partial charge is 0.387 e. The molecular weight excluding hydrogens is 248 g/mol. The lowest BCUT2D eigenvalue weighted by atomic mass is 10.3. The van der Waals surface area contributed by atoms with E-state index in [0.717, 1.165) is 12.7 Å². The molecule has 94 valence electrons. The summed E-state index contributed by atoms with van der Waals surface area (Å²) in [5.74, 6) is -0.540. The summed E-state index contributed by atoms with van der Waals surface area (Å²) in [6, 6.07) is 5.18. The molecule has 2 rings (SSSR count). The van der Waals surface area contributed by atoms with Crippen LogP contribution in [0.2, 0.25) is 0 Å². The van der Waals surface area contributed by atoms with Crippen molar-refractivity contribution in [3.8, 4) is 11.5 Å². The molecule has 0 saturated carbocycles. The van der Waals surface area contributed by atoms with Gasteiger partial charge in [0.15, 0.2) is 12.1 Å². The van der Waals surface area contributed by atoms with E-state index in [0.29, 0.717) is 0 Å². The average Bonchev–Trinajstić information content (AvgIpc) is 2.84. The number of aromatic nitrogens is 1. The topological polar surface area (TPSA) is 61.6 Å². The van der Waals surface area contributed by atoms with E-state index in [1.807, 2.05) is 0 Å². The summed E-state index contributed by atoms with van der Waals surface area (Å²) in [5, 5.41) is 0. The lowest BCUT2D eigenvalue weighted by Gasteiger charge is -2.05. The van der Waals surface area contributed by atoms with E-state index < -0.39 is 12.6 Å². The maximum absolute atomic E-state index is 11.9. The molecule has 0 aliphatic heterocycles. The third kappa shape index (κ3) is 3.03. The Morgan fingerprint density at radius 1 is 1.22 bits per heavy atom. The molecule has 5 nitrogen and oxygen atoms in total. The first-order valence-electron chi connectivity index (χ1n) is 4.80. The molecule has 0 amide bonds. The first kappa shape index (κ1) is 12.0. The maximum Gasteiger partial charge on any atom is 0.387 e. The molecule has 1 aromatic heterocycles. The highest BCUT2D eigenvalue weighted by atomic mass is 19.3. The zero-order valence-corrected chi connectivity index (χ0v) is 8.88. The highest BCUT2D eigenvalue weighted by Crippen LogP contribution is 2.19. The molecule has 1 aromatic carbocycles. The molecule has 0 saturated heterocycles. The zero-order chi connectivity index (χ0) is 13.0. The van der Waals surface area contributed by atoms with Gasteiger partial charge in [0.1, 0.15) is 17.8 Å². The number of ether oxygens (including phenoxy) is 2. The summed E-state index contributed by atoms with van der Waals surface area (Å²) in [4.78, 5) is 15.0. The Morgan fingerprint density at radius 3 is 2.44 bits per heavy atom. The monoisotopic (exact) mass is 255 g/mol. The Kier molecular flexibility index (Phi) is 3.52. The molecular formula is C11H7F2NO4. The number of esters is 1. The van der Waals surface area contributed by atoms with Crippen molar-refractivity contribution in [2.45, 2.75) is 6.61 Å². The number of carbonyl (C=O) groups is 1. The van der Waals surface area contributed by atoms with Gasteiger partial charge in [0.25, 0.3) is 0 Å². The third-order valence-electron chi connectivity index (χ3n) is 1.90. The van der Waals surface area contributed by atoms with Gasteiger partial charge < -0.3 is 13.9 Å². The van der Waals surface area contributed by atoms with E-state index in [1.54, 1.807) is 0 Å². The molecule has 0 aliphatic carbocycles. The van der Waals surface area contributed by atoms with Crippen molar-refractivity contribution < 1.29 is 27.5 Å². The molecule has 0 N–H and O–H groups in total. The quantitative estimate of drug-likeness (QED) is 0.620. The molecule has 7 heteroatoms. The average molecular weight is 255 g/mol. The number of oxazole rings is 1. The van der Waals surface area contributed by atoms with Crippen molar-refractivity contribution in [3.05, 3.63) is 42.6 Å². The second kappa shape index (κ2) is 5.26. The van der Waals surface area contributed by atoms with Crippen LogP contribution in [0.5, 0.6) is 11.5 Å². The fraction of sp³-hybridized carbons (Fsp3) is 0.0909. The van der Waals surface area contributed by atoms with Crippen molar-refractivity contribution >= 4 is 5.97 Å². The van der Waals surface area contributed by atoms with Gasteiger partial charge in [-0.1, -0.05) is 0 Å². The summed E-state index contributed by atoms with van der Waals surface area (Å²) in [6.45, 7) is -2.89. The van der Waals surface area contributed by atoms with Crippen LogP contribution in [0.25, 0.3) is 0 Å². The van der Waals surface area contributed by atoms with Crippen LogP contribution in [0.4, 0.5) is 8.78 Å². The summed E-state index contributed by atoms with van der Waals surface area (Å²) >= 11 is 0. The Morgan fingerprint density at radius 2 is 1.89 bits per heavy atom. The molecule has 0 aliphatic rings. The van der Waals surface area contributed by atoms with E-state index in [1.165, 1.54) is 24.3 Å². The number of rotatable bonds is 4. The van der Waals surface area contributed by atoms with Gasteiger partial charge in [-0.25, -0.2) is 9.78 Å². The van der Waals surface area contributed by atoms with Gasteiger partial charge in [0.2, 0.25) is 0 Å². The fourth-order valence-corrected chi connectivity index (χ4v) is 1.16. The van der Waals surface area contributed by atoms with Crippen molar-refractivity contribution in [2.75, 3.05) is 0 Å². The molecule has 0 bridgehead atoms. The minimum Gasteiger partial charge on any atom is -0.451 e. The Bertz CT molecular complexity index is 510. The van der Waals surface area contributed by atoms with Crippen LogP contribution in [0.3, 0.4) is 0 Å². The minimum atomic E-state index is -2.89. The number of hydrogen-bond acceptors (Lipinski definition) is 5. The fourth-order valence-electron chi connectivity index (χ4n) is 1.16. The van der Waals surface area contributed by atoms with Gasteiger partial charge in [0, 0.05) is 0 Å². The second-order valence-corrected chi connectivity index (χ2v) is 3.11. The summed E-state index contributed by atoms with van der Waals surface area (Å²) in [5.41, 5.74) is 0.0166. The Labute approximate surface area is 100.0 Å². The molecule has 18 heavy (non-hydrogen) atoms. The largest absolute Gasteiger partial charge is 0.451 e. The van der Waals surface area contributed by atoms with Crippen molar-refractivity contribution in [1.82, 2.24) is 4.98 Å². The normalized spacial score (nSPS) is 10.4. The van der Waals surface area contributed by atoms with Crippen molar-refractivity contribution in [3.63, 3.8) is 0 Å². The highest BCUT2D eigenvalue weighted by Gasteiger charge is 2.11. The number of benzene rings is 1. The van der Waals surface area contributed by atoms with Crippen molar-refractivity contribution in [1.29, 1.82) is 0 Å². The predicted octanol–water partition coefficient (Wildman–Crippen LogP) is 2.50. The van der Waals surface area contributed by atoms with E-state index >= 15 is 0 Å². The van der Waals surface area contributed by atoms with E-state index in [2.05, 4.69) is 14.1 Å². The maximum atomic E-state index is 11.9. The van der Waals surface area contributed by atoms with Gasteiger partial charge in [-0.3, -0.25) is 0 Å². The molecule has 0 fully saturated rings. The third-order valence-corrected chi connectivity index (χ3v) is 1.90. The van der Waals surface area contributed by atoms with Crippen LogP contribution in [0.1, 0.15) is 10.5 Å². The molecule has 0 spiro atoms. The Balaban J connectivity index is 2.00. The molecule has 2 aromatic rings. The lowest BCUT2D eigenvalue weighted by Crippen LogP contribution is -2.08. The van der Waals surface area contributed by atoms with Gasteiger partial charge in [-0.05, 0) is 24.3 Å². The van der Waals surface area contributed by atoms with Gasteiger partial charge in [-0.15, -0.1) is 0 Å². The standard InChI is InChI=1S/C11H7F2NO4/c12-11(13)18-8-3-1-7(2-4-8)17-10(15)9-5-16-6-14-9/h1-6,11H. The number of nitrogens with zero attached hydrogens (tertiary/aromatic N) is 1. The van der Waals surface area contributed by atoms with Gasteiger partial charge in [0.05, 0.1) is 0 Å². The molecule has 0 radical (unpaired) electrons. The van der Waals surface area contributed by atoms with Crippen LogP contribution in [0.15, 0.2) is 41.3 Å². The predicted molar refractivity (Wildman–Crippen MR) is 54.5 cm³/mol. The van der Waals surface area contributed by atoms with Crippen molar-refractivity contribution in [2.24, 2.45) is 0 Å². The van der Waals surface area contributed by atoms with Crippen LogP contribution >= 0.6 is 0 Å². The van der Waals surface area contributed by atoms with E-state index in [-0.39, 0.29) is 17.2 Å². The highest BCUT2D eigenvalue weighted by molar-refractivity contribution is 5.88. The molecule has 1 heterocycles. The minimum absolute atomic E-state index is 0.0166. The molecule has 0 unspecified atom stereocenters. The van der Waals surface area contributed by atoms with E-state index in [4.69, 9.17) is 4.74 Å². The van der Waals surface area contributed by atoms with Crippen LogP contribution in [0, 0.1) is 0 Å². The lowest BCUT2D eigenvalue weighted by molar-refractivity contribution is -0.0498. The van der Waals surface area contributed by atoms with Crippen LogP contribution in [-0.4, -0.2) is 17.6 Å². The number of carbonyl (C=O) groups excluding carboxylic acids is 1. The Hall–Kier alpha value is -2.44. The summed E-state index contributed by atoms with van der Waals surface area (Å²) in [6.07, 6.45) is 2.23. The van der Waals surface area contributed by atoms with Gasteiger partial charge >= 0.3 is 12.6 Å². The van der Waals surface area contributed by atoms with Crippen LogP contribution in [-0.2, 0) is 0 Å². The number of hydrogen-bond donors (Lipinski definition) is 0. The molecule has 0 atom stereocenters. The SMILES string of the molecule is O=C(Oc1ccc(OC(F)F)cc1)c1cocn1. The number of halogens is 2. The second-order valence-electron chi connectivity index (χ2n) is 3.11. The first-order valence-corrected chi connectivity index (χ1v) is 4.80. The number of alkyl halides is 2. The van der Waals surface area contributed by atoms with Crippen LogP contribution < -0.4 is 9.47 Å². The summed E-state index contributed by atoms with van der Waals surface area (Å²) < 4.78 is 37.5. The first-order chi connectivity index (χ1) is 8.65. The zero-order valence-electron chi connectivity index (χ0n) is 8.88. The van der Waals surface area contributed by atoms with Gasteiger partial charge in [-0.2, -0.15) is 8.78 Å².